The standard InChI is InChI=1S/C14H21NO/c1-3-13(12-8-9-15-10-12)16-14-7-5-4-6-11(14)2/h4-7,12-13,15H,3,8-10H2,1-2H3/t12-,13-/m0/s1. The van der Waals surface area contributed by atoms with Crippen LogP contribution in [0.2, 0.25) is 0 Å². The summed E-state index contributed by atoms with van der Waals surface area (Å²) in [5.74, 6) is 1.71. The van der Waals surface area contributed by atoms with Crippen molar-refractivity contribution in [2.75, 3.05) is 13.1 Å². The van der Waals surface area contributed by atoms with Gasteiger partial charge in [0.1, 0.15) is 11.9 Å². The quantitative estimate of drug-likeness (QED) is 0.840. The minimum atomic E-state index is 0.358. The lowest BCUT2D eigenvalue weighted by Gasteiger charge is -2.24. The van der Waals surface area contributed by atoms with E-state index in [0.29, 0.717) is 12.0 Å². The number of ether oxygens (including phenoxy) is 1. The number of para-hydroxylation sites is 1. The van der Waals surface area contributed by atoms with Crippen molar-refractivity contribution in [1.82, 2.24) is 5.32 Å². The largest absolute Gasteiger partial charge is 0.490 e. The Morgan fingerprint density at radius 2 is 2.25 bits per heavy atom. The molecule has 1 heterocycles. The molecule has 0 aromatic heterocycles. The number of benzene rings is 1. The molecule has 2 heteroatoms. The second-order valence-electron chi connectivity index (χ2n) is 4.58. The number of rotatable bonds is 4. The third kappa shape index (κ3) is 2.56. The molecule has 1 aliphatic rings. The van der Waals surface area contributed by atoms with E-state index in [4.69, 9.17) is 4.74 Å². The lowest BCUT2D eigenvalue weighted by atomic mass is 9.99. The molecule has 1 aromatic carbocycles. The third-order valence-electron chi connectivity index (χ3n) is 3.40. The molecule has 0 spiro atoms. The highest BCUT2D eigenvalue weighted by molar-refractivity contribution is 5.32. The Balaban J connectivity index is 2.03. The normalized spacial score (nSPS) is 22.0. The van der Waals surface area contributed by atoms with Crippen LogP contribution in [-0.2, 0) is 0 Å². The van der Waals surface area contributed by atoms with Crippen LogP contribution in [0, 0.1) is 12.8 Å². The van der Waals surface area contributed by atoms with E-state index in [-0.39, 0.29) is 0 Å². The predicted octanol–water partition coefficient (Wildman–Crippen LogP) is 2.76. The van der Waals surface area contributed by atoms with Gasteiger partial charge in [0.05, 0.1) is 0 Å². The van der Waals surface area contributed by atoms with Crippen LogP contribution in [-0.4, -0.2) is 19.2 Å². The first-order valence-corrected chi connectivity index (χ1v) is 6.24. The molecule has 88 valence electrons. The fourth-order valence-electron chi connectivity index (χ4n) is 2.36. The van der Waals surface area contributed by atoms with Gasteiger partial charge < -0.3 is 10.1 Å². The van der Waals surface area contributed by atoms with E-state index in [0.717, 1.165) is 25.3 Å². The van der Waals surface area contributed by atoms with Crippen molar-refractivity contribution in [3.8, 4) is 5.75 Å². The van der Waals surface area contributed by atoms with Gasteiger partial charge in [0, 0.05) is 12.5 Å². The zero-order chi connectivity index (χ0) is 11.4. The highest BCUT2D eigenvalue weighted by Gasteiger charge is 2.25. The lowest BCUT2D eigenvalue weighted by Crippen LogP contribution is -2.28. The summed E-state index contributed by atoms with van der Waals surface area (Å²) in [6, 6.07) is 8.28. The Morgan fingerprint density at radius 3 is 2.88 bits per heavy atom. The molecular formula is C14H21NO. The van der Waals surface area contributed by atoms with E-state index in [1.54, 1.807) is 0 Å². The van der Waals surface area contributed by atoms with Gasteiger partial charge in [-0.25, -0.2) is 0 Å². The molecule has 1 aromatic rings. The molecular weight excluding hydrogens is 198 g/mol. The van der Waals surface area contributed by atoms with Gasteiger partial charge in [-0.05, 0) is 37.9 Å². The summed E-state index contributed by atoms with van der Waals surface area (Å²) in [6.07, 6.45) is 2.68. The molecule has 0 saturated carbocycles. The Morgan fingerprint density at radius 1 is 1.44 bits per heavy atom. The summed E-state index contributed by atoms with van der Waals surface area (Å²) in [4.78, 5) is 0. The van der Waals surface area contributed by atoms with Gasteiger partial charge in [-0.3, -0.25) is 0 Å². The monoisotopic (exact) mass is 219 g/mol. The average molecular weight is 219 g/mol. The molecule has 0 aliphatic carbocycles. The molecule has 1 saturated heterocycles. The van der Waals surface area contributed by atoms with Gasteiger partial charge in [0.15, 0.2) is 0 Å². The third-order valence-corrected chi connectivity index (χ3v) is 3.40. The second-order valence-corrected chi connectivity index (χ2v) is 4.58. The van der Waals surface area contributed by atoms with Crippen molar-refractivity contribution in [3.63, 3.8) is 0 Å². The van der Waals surface area contributed by atoms with Crippen molar-refractivity contribution in [2.24, 2.45) is 5.92 Å². The van der Waals surface area contributed by atoms with Crippen LogP contribution in [0.4, 0.5) is 0 Å². The molecule has 0 amide bonds. The highest BCUT2D eigenvalue weighted by atomic mass is 16.5. The molecule has 16 heavy (non-hydrogen) atoms. The van der Waals surface area contributed by atoms with Crippen molar-refractivity contribution in [1.29, 1.82) is 0 Å². The summed E-state index contributed by atoms with van der Waals surface area (Å²) in [5.41, 5.74) is 1.23. The van der Waals surface area contributed by atoms with Crippen LogP contribution < -0.4 is 10.1 Å². The molecule has 2 atom stereocenters. The van der Waals surface area contributed by atoms with Crippen LogP contribution in [0.25, 0.3) is 0 Å². The van der Waals surface area contributed by atoms with E-state index in [1.807, 2.05) is 6.07 Å². The number of hydrogen-bond donors (Lipinski definition) is 1. The van der Waals surface area contributed by atoms with Crippen LogP contribution in [0.5, 0.6) is 5.75 Å². The van der Waals surface area contributed by atoms with Crippen molar-refractivity contribution < 1.29 is 4.74 Å². The zero-order valence-corrected chi connectivity index (χ0v) is 10.2. The average Bonchev–Trinajstić information content (AvgIpc) is 2.81. The highest BCUT2D eigenvalue weighted by Crippen LogP contribution is 2.24. The first-order chi connectivity index (χ1) is 7.81. The fourth-order valence-corrected chi connectivity index (χ4v) is 2.36. The molecule has 0 unspecified atom stereocenters. The number of hydrogen-bond acceptors (Lipinski definition) is 2. The number of aryl methyl sites for hydroxylation is 1. The Bertz CT molecular complexity index is 331. The van der Waals surface area contributed by atoms with Gasteiger partial charge in [-0.15, -0.1) is 0 Å². The smallest absolute Gasteiger partial charge is 0.122 e. The van der Waals surface area contributed by atoms with E-state index < -0.39 is 0 Å². The molecule has 2 rings (SSSR count). The van der Waals surface area contributed by atoms with Gasteiger partial charge in [-0.2, -0.15) is 0 Å². The minimum Gasteiger partial charge on any atom is -0.490 e. The van der Waals surface area contributed by atoms with E-state index in [9.17, 15) is 0 Å². The predicted molar refractivity (Wildman–Crippen MR) is 66.9 cm³/mol. The van der Waals surface area contributed by atoms with Gasteiger partial charge in [0.25, 0.3) is 0 Å². The fraction of sp³-hybridized carbons (Fsp3) is 0.571. The Labute approximate surface area is 98.0 Å². The lowest BCUT2D eigenvalue weighted by molar-refractivity contribution is 0.137. The van der Waals surface area contributed by atoms with Gasteiger partial charge >= 0.3 is 0 Å². The summed E-state index contributed by atoms with van der Waals surface area (Å²) < 4.78 is 6.14. The summed E-state index contributed by atoms with van der Waals surface area (Å²) in [7, 11) is 0. The molecule has 0 bridgehead atoms. The van der Waals surface area contributed by atoms with Crippen LogP contribution >= 0.6 is 0 Å². The van der Waals surface area contributed by atoms with E-state index in [2.05, 4.69) is 37.4 Å². The first-order valence-electron chi connectivity index (χ1n) is 6.24. The second kappa shape index (κ2) is 5.35. The van der Waals surface area contributed by atoms with Crippen LogP contribution in [0.1, 0.15) is 25.3 Å². The van der Waals surface area contributed by atoms with Crippen LogP contribution in [0.15, 0.2) is 24.3 Å². The summed E-state index contributed by atoms with van der Waals surface area (Å²) in [6.45, 7) is 6.55. The topological polar surface area (TPSA) is 21.3 Å². The summed E-state index contributed by atoms with van der Waals surface area (Å²) >= 11 is 0. The van der Waals surface area contributed by atoms with Gasteiger partial charge in [-0.1, -0.05) is 25.1 Å². The molecule has 0 radical (unpaired) electrons. The van der Waals surface area contributed by atoms with Crippen molar-refractivity contribution in [3.05, 3.63) is 29.8 Å². The van der Waals surface area contributed by atoms with Crippen molar-refractivity contribution in [2.45, 2.75) is 32.8 Å². The summed E-state index contributed by atoms with van der Waals surface area (Å²) in [5, 5.41) is 3.41. The molecule has 1 aliphatic heterocycles. The molecule has 1 N–H and O–H groups in total. The van der Waals surface area contributed by atoms with Gasteiger partial charge in [0.2, 0.25) is 0 Å². The van der Waals surface area contributed by atoms with Crippen molar-refractivity contribution >= 4 is 0 Å². The maximum Gasteiger partial charge on any atom is 0.122 e. The maximum absolute atomic E-state index is 6.14. The minimum absolute atomic E-state index is 0.358. The van der Waals surface area contributed by atoms with Crippen LogP contribution in [0.3, 0.4) is 0 Å². The Kier molecular flexibility index (Phi) is 3.83. The first kappa shape index (κ1) is 11.5. The zero-order valence-electron chi connectivity index (χ0n) is 10.2. The van der Waals surface area contributed by atoms with E-state index in [1.165, 1.54) is 12.0 Å². The SMILES string of the molecule is CC[C@H](Oc1ccccc1C)[C@H]1CCNC1. The molecule has 2 nitrogen and oxygen atoms in total. The number of nitrogens with one attached hydrogen (secondary N) is 1. The Hall–Kier alpha value is -1.02. The maximum atomic E-state index is 6.14. The molecule has 1 fully saturated rings. The van der Waals surface area contributed by atoms with E-state index >= 15 is 0 Å².